The van der Waals surface area contributed by atoms with Crippen molar-refractivity contribution in [3.05, 3.63) is 0 Å². The lowest BCUT2D eigenvalue weighted by molar-refractivity contribution is 0.146. The maximum atomic E-state index is 11.5. The van der Waals surface area contributed by atoms with E-state index in [1.807, 2.05) is 0 Å². The second-order valence-electron chi connectivity index (χ2n) is 6.38. The van der Waals surface area contributed by atoms with Crippen LogP contribution in [0.25, 0.3) is 0 Å². The molecule has 0 spiro atoms. The summed E-state index contributed by atoms with van der Waals surface area (Å²) in [7, 11) is -4.16. The highest BCUT2D eigenvalue weighted by Crippen LogP contribution is 2.19. The summed E-state index contributed by atoms with van der Waals surface area (Å²) in [5.74, 6) is 0. The minimum atomic E-state index is -4.16. The summed E-state index contributed by atoms with van der Waals surface area (Å²) in [6.07, 6.45) is 11.6. The van der Waals surface area contributed by atoms with Crippen molar-refractivity contribution in [2.75, 3.05) is 0 Å². The van der Waals surface area contributed by atoms with Crippen LogP contribution in [-0.2, 0) is 10.1 Å². The van der Waals surface area contributed by atoms with Crippen LogP contribution in [0.1, 0.15) is 97.3 Å². The number of unbranched alkanes of at least 4 members (excludes halogenated alkanes) is 9. The van der Waals surface area contributed by atoms with Gasteiger partial charge in [0.2, 0.25) is 0 Å². The third-order valence-electron chi connectivity index (χ3n) is 4.26. The van der Waals surface area contributed by atoms with Gasteiger partial charge in [-0.3, -0.25) is 4.55 Å². The SMILES string of the molecule is CCCCCCCCC(O)C(CCCCCCC)S(=O)(=O)O. The largest absolute Gasteiger partial charge is 0.392 e. The van der Waals surface area contributed by atoms with Gasteiger partial charge in [0.25, 0.3) is 10.1 Å². The highest BCUT2D eigenvalue weighted by Gasteiger charge is 2.29. The Bertz CT molecular complexity index is 341. The van der Waals surface area contributed by atoms with Crippen molar-refractivity contribution in [2.24, 2.45) is 0 Å². The van der Waals surface area contributed by atoms with Crippen molar-refractivity contribution in [2.45, 2.75) is 109 Å². The van der Waals surface area contributed by atoms with E-state index in [0.717, 1.165) is 51.4 Å². The maximum absolute atomic E-state index is 11.5. The molecule has 22 heavy (non-hydrogen) atoms. The third kappa shape index (κ3) is 11.4. The Labute approximate surface area is 137 Å². The van der Waals surface area contributed by atoms with E-state index >= 15 is 0 Å². The molecular formula is C17H36O4S. The predicted molar refractivity (Wildman–Crippen MR) is 92.7 cm³/mol. The standard InChI is InChI=1S/C17H36O4S/c1-3-5-7-9-11-12-14-16(18)17(22(19,20)21)15-13-10-8-6-4-2/h16-18H,3-15H2,1-2H3,(H,19,20,21). The second kappa shape index (κ2) is 13.3. The fourth-order valence-corrected chi connectivity index (χ4v) is 3.81. The monoisotopic (exact) mass is 336 g/mol. The molecule has 0 aromatic rings. The molecule has 0 saturated heterocycles. The first-order valence-electron chi connectivity index (χ1n) is 9.07. The highest BCUT2D eigenvalue weighted by atomic mass is 32.2. The molecule has 0 amide bonds. The van der Waals surface area contributed by atoms with Gasteiger partial charge in [-0.05, 0) is 12.8 Å². The molecule has 0 aromatic heterocycles. The average molecular weight is 337 g/mol. The molecule has 0 rings (SSSR count). The lowest BCUT2D eigenvalue weighted by Crippen LogP contribution is -2.33. The summed E-state index contributed by atoms with van der Waals surface area (Å²) in [5.41, 5.74) is 0. The Morgan fingerprint density at radius 2 is 1.14 bits per heavy atom. The van der Waals surface area contributed by atoms with Crippen LogP contribution in [0.15, 0.2) is 0 Å². The predicted octanol–water partition coefficient (Wildman–Crippen LogP) is 4.71. The van der Waals surface area contributed by atoms with Crippen molar-refractivity contribution in [1.29, 1.82) is 0 Å². The molecule has 0 aliphatic carbocycles. The Kier molecular flexibility index (Phi) is 13.2. The number of rotatable bonds is 15. The van der Waals surface area contributed by atoms with Crippen molar-refractivity contribution in [3.8, 4) is 0 Å². The molecule has 0 aliphatic heterocycles. The topological polar surface area (TPSA) is 74.6 Å². The molecule has 2 N–H and O–H groups in total. The Morgan fingerprint density at radius 3 is 1.59 bits per heavy atom. The quantitative estimate of drug-likeness (QED) is 0.335. The van der Waals surface area contributed by atoms with Gasteiger partial charge in [0, 0.05) is 0 Å². The van der Waals surface area contributed by atoms with E-state index in [0.29, 0.717) is 12.8 Å². The molecule has 0 heterocycles. The van der Waals surface area contributed by atoms with E-state index in [1.165, 1.54) is 19.3 Å². The van der Waals surface area contributed by atoms with E-state index in [2.05, 4.69) is 13.8 Å². The van der Waals surface area contributed by atoms with Crippen LogP contribution in [0.2, 0.25) is 0 Å². The third-order valence-corrected chi connectivity index (χ3v) is 5.57. The fourth-order valence-electron chi connectivity index (χ4n) is 2.81. The van der Waals surface area contributed by atoms with E-state index in [-0.39, 0.29) is 0 Å². The van der Waals surface area contributed by atoms with Gasteiger partial charge in [0.05, 0.1) is 6.10 Å². The molecule has 2 unspecified atom stereocenters. The lowest BCUT2D eigenvalue weighted by atomic mass is 10.0. The summed E-state index contributed by atoms with van der Waals surface area (Å²) >= 11 is 0. The number of aliphatic hydroxyl groups excluding tert-OH is 1. The van der Waals surface area contributed by atoms with E-state index in [1.54, 1.807) is 0 Å². The van der Waals surface area contributed by atoms with Crippen LogP contribution in [0.3, 0.4) is 0 Å². The van der Waals surface area contributed by atoms with Crippen LogP contribution in [0.4, 0.5) is 0 Å². The molecular weight excluding hydrogens is 300 g/mol. The molecule has 0 bridgehead atoms. The summed E-state index contributed by atoms with van der Waals surface area (Å²) in [6.45, 7) is 4.30. The fraction of sp³-hybridized carbons (Fsp3) is 1.00. The van der Waals surface area contributed by atoms with Gasteiger partial charge in [-0.2, -0.15) is 8.42 Å². The van der Waals surface area contributed by atoms with Gasteiger partial charge >= 0.3 is 0 Å². The minimum absolute atomic E-state index is 0.361. The molecule has 5 heteroatoms. The molecule has 4 nitrogen and oxygen atoms in total. The molecule has 0 fully saturated rings. The van der Waals surface area contributed by atoms with E-state index in [9.17, 15) is 18.1 Å². The Hall–Kier alpha value is -0.130. The van der Waals surface area contributed by atoms with Crippen molar-refractivity contribution in [3.63, 3.8) is 0 Å². The lowest BCUT2D eigenvalue weighted by Gasteiger charge is -2.20. The highest BCUT2D eigenvalue weighted by molar-refractivity contribution is 7.86. The summed E-state index contributed by atoms with van der Waals surface area (Å²) in [4.78, 5) is 0. The summed E-state index contributed by atoms with van der Waals surface area (Å²) in [5, 5.41) is 9.10. The first kappa shape index (κ1) is 21.9. The van der Waals surface area contributed by atoms with Gasteiger partial charge < -0.3 is 5.11 Å². The Morgan fingerprint density at radius 1 is 0.727 bits per heavy atom. The van der Waals surface area contributed by atoms with Gasteiger partial charge in [0.15, 0.2) is 0 Å². The Balaban J connectivity index is 4.05. The summed E-state index contributed by atoms with van der Waals surface area (Å²) in [6, 6.07) is 0. The van der Waals surface area contributed by atoms with Crippen LogP contribution >= 0.6 is 0 Å². The number of hydrogen-bond acceptors (Lipinski definition) is 3. The van der Waals surface area contributed by atoms with Gasteiger partial charge in [-0.25, -0.2) is 0 Å². The van der Waals surface area contributed by atoms with Gasteiger partial charge in [-0.15, -0.1) is 0 Å². The van der Waals surface area contributed by atoms with Crippen molar-refractivity contribution in [1.82, 2.24) is 0 Å². The average Bonchev–Trinajstić information content (AvgIpc) is 2.45. The molecule has 0 aliphatic rings. The second-order valence-corrected chi connectivity index (χ2v) is 8.02. The van der Waals surface area contributed by atoms with Crippen LogP contribution in [0.5, 0.6) is 0 Å². The van der Waals surface area contributed by atoms with E-state index in [4.69, 9.17) is 0 Å². The van der Waals surface area contributed by atoms with Crippen LogP contribution < -0.4 is 0 Å². The number of hydrogen-bond donors (Lipinski definition) is 2. The molecule has 0 aromatic carbocycles. The molecule has 0 radical (unpaired) electrons. The molecule has 2 atom stereocenters. The molecule has 134 valence electrons. The normalized spacial score (nSPS) is 14.9. The van der Waals surface area contributed by atoms with Crippen molar-refractivity contribution >= 4 is 10.1 Å². The maximum Gasteiger partial charge on any atom is 0.270 e. The molecule has 0 saturated carbocycles. The first-order valence-corrected chi connectivity index (χ1v) is 10.6. The van der Waals surface area contributed by atoms with E-state index < -0.39 is 21.5 Å². The number of aliphatic hydroxyl groups is 1. The zero-order chi connectivity index (χ0) is 16.8. The van der Waals surface area contributed by atoms with Crippen molar-refractivity contribution < 1.29 is 18.1 Å². The summed E-state index contributed by atoms with van der Waals surface area (Å²) < 4.78 is 32.3. The van der Waals surface area contributed by atoms with Gasteiger partial charge in [0.1, 0.15) is 5.25 Å². The zero-order valence-electron chi connectivity index (χ0n) is 14.5. The zero-order valence-corrected chi connectivity index (χ0v) is 15.3. The first-order chi connectivity index (χ1) is 10.4. The minimum Gasteiger partial charge on any atom is -0.392 e. The van der Waals surface area contributed by atoms with Gasteiger partial charge in [-0.1, -0.05) is 84.5 Å². The van der Waals surface area contributed by atoms with Crippen LogP contribution in [0, 0.1) is 0 Å². The van der Waals surface area contributed by atoms with Crippen LogP contribution in [-0.4, -0.2) is 29.4 Å². The smallest absolute Gasteiger partial charge is 0.270 e.